The summed E-state index contributed by atoms with van der Waals surface area (Å²) in [5, 5.41) is 13.3. The monoisotopic (exact) mass is 319 g/mol. The Balaban J connectivity index is 1.95. The Morgan fingerprint density at radius 3 is 2.57 bits per heavy atom. The van der Waals surface area contributed by atoms with E-state index in [0.29, 0.717) is 31.1 Å². The SMILES string of the molecule is CCCCOCCOCC(O)CNCC1(SC)CCCC1. The number of hydrogen-bond donors (Lipinski definition) is 2. The quantitative estimate of drug-likeness (QED) is 0.511. The van der Waals surface area contributed by atoms with Crippen LogP contribution in [0.15, 0.2) is 0 Å². The second-order valence-electron chi connectivity index (χ2n) is 5.92. The highest BCUT2D eigenvalue weighted by Gasteiger charge is 2.32. The Hall–Kier alpha value is 0.190. The van der Waals surface area contributed by atoms with Crippen LogP contribution in [0.3, 0.4) is 0 Å². The van der Waals surface area contributed by atoms with Gasteiger partial charge in [-0.15, -0.1) is 0 Å². The first-order valence-electron chi connectivity index (χ1n) is 8.32. The van der Waals surface area contributed by atoms with Gasteiger partial charge in [0.15, 0.2) is 0 Å². The van der Waals surface area contributed by atoms with E-state index in [0.717, 1.165) is 26.0 Å². The van der Waals surface area contributed by atoms with Crippen molar-refractivity contribution in [3.05, 3.63) is 0 Å². The van der Waals surface area contributed by atoms with Crippen LogP contribution in [0, 0.1) is 0 Å². The Morgan fingerprint density at radius 1 is 1.19 bits per heavy atom. The van der Waals surface area contributed by atoms with E-state index < -0.39 is 6.10 Å². The second-order valence-corrected chi connectivity index (χ2v) is 7.19. The fraction of sp³-hybridized carbons (Fsp3) is 1.00. The summed E-state index contributed by atoms with van der Waals surface area (Å²) in [5.74, 6) is 0. The molecule has 0 aromatic carbocycles. The maximum absolute atomic E-state index is 9.89. The van der Waals surface area contributed by atoms with Crippen LogP contribution in [-0.2, 0) is 9.47 Å². The van der Waals surface area contributed by atoms with E-state index in [1.165, 1.54) is 25.7 Å². The highest BCUT2D eigenvalue weighted by molar-refractivity contribution is 8.00. The zero-order chi connectivity index (χ0) is 15.4. The minimum absolute atomic E-state index is 0.385. The summed E-state index contributed by atoms with van der Waals surface area (Å²) < 4.78 is 11.2. The molecule has 0 bridgehead atoms. The number of rotatable bonds is 13. The normalized spacial score (nSPS) is 19.0. The van der Waals surface area contributed by atoms with Crippen molar-refractivity contribution in [1.29, 1.82) is 0 Å². The molecule has 0 radical (unpaired) electrons. The molecule has 1 aliphatic carbocycles. The van der Waals surface area contributed by atoms with Crippen molar-refractivity contribution in [2.45, 2.75) is 56.3 Å². The van der Waals surface area contributed by atoms with Crippen molar-refractivity contribution < 1.29 is 14.6 Å². The summed E-state index contributed by atoms with van der Waals surface area (Å²) in [6.45, 7) is 6.13. The lowest BCUT2D eigenvalue weighted by molar-refractivity contribution is 0.00385. The number of unbranched alkanes of at least 4 members (excludes halogenated alkanes) is 1. The van der Waals surface area contributed by atoms with Crippen molar-refractivity contribution >= 4 is 11.8 Å². The molecule has 0 amide bonds. The Kier molecular flexibility index (Phi) is 10.7. The first kappa shape index (κ1) is 19.2. The van der Waals surface area contributed by atoms with Gasteiger partial charge in [0.25, 0.3) is 0 Å². The van der Waals surface area contributed by atoms with Crippen LogP contribution < -0.4 is 5.32 Å². The first-order chi connectivity index (χ1) is 10.2. The predicted octanol–water partition coefficient (Wildman–Crippen LogP) is 2.45. The molecular formula is C16H33NO3S. The van der Waals surface area contributed by atoms with Crippen LogP contribution in [-0.4, -0.2) is 61.7 Å². The fourth-order valence-corrected chi connectivity index (χ4v) is 3.63. The Bertz CT molecular complexity index is 248. The summed E-state index contributed by atoms with van der Waals surface area (Å²) in [7, 11) is 0. The lowest BCUT2D eigenvalue weighted by atomic mass is 10.1. The van der Waals surface area contributed by atoms with Crippen molar-refractivity contribution in [2.75, 3.05) is 45.8 Å². The van der Waals surface area contributed by atoms with Crippen LogP contribution in [0.5, 0.6) is 0 Å². The number of thioether (sulfide) groups is 1. The zero-order valence-corrected chi connectivity index (χ0v) is 14.6. The lowest BCUT2D eigenvalue weighted by Crippen LogP contribution is -2.40. The van der Waals surface area contributed by atoms with E-state index in [1.54, 1.807) is 0 Å². The van der Waals surface area contributed by atoms with Gasteiger partial charge in [0.2, 0.25) is 0 Å². The molecular weight excluding hydrogens is 286 g/mol. The summed E-state index contributed by atoms with van der Waals surface area (Å²) in [6.07, 6.45) is 9.29. The molecule has 21 heavy (non-hydrogen) atoms. The van der Waals surface area contributed by atoms with Crippen LogP contribution in [0.2, 0.25) is 0 Å². The van der Waals surface area contributed by atoms with Gasteiger partial charge >= 0.3 is 0 Å². The van der Waals surface area contributed by atoms with E-state index in [4.69, 9.17) is 9.47 Å². The molecule has 0 saturated heterocycles. The van der Waals surface area contributed by atoms with E-state index in [9.17, 15) is 5.11 Å². The third-order valence-electron chi connectivity index (χ3n) is 4.10. The lowest BCUT2D eigenvalue weighted by Gasteiger charge is -2.27. The van der Waals surface area contributed by atoms with Crippen molar-refractivity contribution in [3.8, 4) is 0 Å². The van der Waals surface area contributed by atoms with E-state index >= 15 is 0 Å². The van der Waals surface area contributed by atoms with Crippen molar-refractivity contribution in [1.82, 2.24) is 5.32 Å². The largest absolute Gasteiger partial charge is 0.389 e. The minimum Gasteiger partial charge on any atom is -0.389 e. The highest BCUT2D eigenvalue weighted by Crippen LogP contribution is 2.39. The summed E-state index contributed by atoms with van der Waals surface area (Å²) >= 11 is 1.97. The number of aliphatic hydroxyl groups is 1. The smallest absolute Gasteiger partial charge is 0.0897 e. The number of nitrogens with one attached hydrogen (secondary N) is 1. The molecule has 0 aromatic rings. The van der Waals surface area contributed by atoms with Gasteiger partial charge in [-0.3, -0.25) is 0 Å². The van der Waals surface area contributed by atoms with Gasteiger partial charge in [-0.05, 0) is 25.5 Å². The van der Waals surface area contributed by atoms with E-state index in [2.05, 4.69) is 18.5 Å². The topological polar surface area (TPSA) is 50.7 Å². The Morgan fingerprint density at radius 2 is 1.90 bits per heavy atom. The molecule has 0 heterocycles. The molecule has 0 aliphatic heterocycles. The molecule has 1 fully saturated rings. The molecule has 0 aromatic heterocycles. The van der Waals surface area contributed by atoms with Crippen LogP contribution >= 0.6 is 11.8 Å². The van der Waals surface area contributed by atoms with Crippen LogP contribution in [0.4, 0.5) is 0 Å². The molecule has 1 aliphatic rings. The van der Waals surface area contributed by atoms with Gasteiger partial charge in [-0.25, -0.2) is 0 Å². The van der Waals surface area contributed by atoms with Gasteiger partial charge in [-0.1, -0.05) is 26.2 Å². The maximum Gasteiger partial charge on any atom is 0.0897 e. The number of hydrogen-bond acceptors (Lipinski definition) is 5. The van der Waals surface area contributed by atoms with Crippen LogP contribution in [0.25, 0.3) is 0 Å². The van der Waals surface area contributed by atoms with Crippen molar-refractivity contribution in [3.63, 3.8) is 0 Å². The Labute approximate surface area is 134 Å². The second kappa shape index (κ2) is 11.7. The van der Waals surface area contributed by atoms with Gasteiger partial charge < -0.3 is 19.9 Å². The van der Waals surface area contributed by atoms with Gasteiger partial charge in [0.1, 0.15) is 0 Å². The van der Waals surface area contributed by atoms with Gasteiger partial charge in [-0.2, -0.15) is 11.8 Å². The average molecular weight is 320 g/mol. The standard InChI is InChI=1S/C16H33NO3S/c1-3-4-9-19-10-11-20-13-15(18)12-17-14-16(21-2)7-5-6-8-16/h15,17-18H,3-14H2,1-2H3. The van der Waals surface area contributed by atoms with E-state index in [-0.39, 0.29) is 0 Å². The van der Waals surface area contributed by atoms with Crippen molar-refractivity contribution in [2.24, 2.45) is 0 Å². The average Bonchev–Trinajstić information content (AvgIpc) is 2.96. The highest BCUT2D eigenvalue weighted by atomic mass is 32.2. The molecule has 5 heteroatoms. The predicted molar refractivity (Wildman–Crippen MR) is 90.1 cm³/mol. The third kappa shape index (κ3) is 8.41. The van der Waals surface area contributed by atoms with Crippen LogP contribution in [0.1, 0.15) is 45.4 Å². The summed E-state index contributed by atoms with van der Waals surface area (Å²) in [5.41, 5.74) is 0. The molecule has 1 unspecified atom stereocenters. The molecule has 0 spiro atoms. The first-order valence-corrected chi connectivity index (χ1v) is 9.54. The number of ether oxygens (including phenoxy) is 2. The molecule has 1 atom stereocenters. The number of aliphatic hydroxyl groups excluding tert-OH is 1. The minimum atomic E-state index is -0.430. The van der Waals surface area contributed by atoms with E-state index in [1.807, 2.05) is 11.8 Å². The molecule has 4 nitrogen and oxygen atoms in total. The fourth-order valence-electron chi connectivity index (χ4n) is 2.68. The molecule has 2 N–H and O–H groups in total. The zero-order valence-electron chi connectivity index (χ0n) is 13.7. The van der Waals surface area contributed by atoms with Gasteiger partial charge in [0.05, 0.1) is 25.9 Å². The molecule has 126 valence electrons. The molecule has 1 saturated carbocycles. The maximum atomic E-state index is 9.89. The molecule has 1 rings (SSSR count). The van der Waals surface area contributed by atoms with Gasteiger partial charge in [0, 0.05) is 24.4 Å². The summed E-state index contributed by atoms with van der Waals surface area (Å²) in [6, 6.07) is 0. The summed E-state index contributed by atoms with van der Waals surface area (Å²) in [4.78, 5) is 0. The third-order valence-corrected chi connectivity index (χ3v) is 5.52.